The Morgan fingerprint density at radius 1 is 1.17 bits per heavy atom. The van der Waals surface area contributed by atoms with Crippen LogP contribution in [0.15, 0.2) is 11.6 Å². The lowest BCUT2D eigenvalue weighted by Gasteiger charge is -2.60. The van der Waals surface area contributed by atoms with Crippen LogP contribution in [-0.4, -0.2) is 46.1 Å². The lowest BCUT2D eigenvalue weighted by molar-refractivity contribution is -0.185. The summed E-state index contributed by atoms with van der Waals surface area (Å²) >= 11 is 0. The van der Waals surface area contributed by atoms with E-state index >= 15 is 0 Å². The second-order valence-corrected chi connectivity index (χ2v) is 12.3. The molecule has 4 aliphatic carbocycles. The molecule has 6 heteroatoms. The molecule has 0 bridgehead atoms. The number of carbonyl (C=O) groups excluding carboxylic acids is 3. The van der Waals surface area contributed by atoms with Gasteiger partial charge in [0.05, 0.1) is 12.0 Å². The van der Waals surface area contributed by atoms with Crippen molar-refractivity contribution in [2.45, 2.75) is 110 Å². The largest absolute Gasteiger partial charge is 0.457 e. The zero-order valence-corrected chi connectivity index (χ0v) is 22.0. The van der Waals surface area contributed by atoms with E-state index in [0.717, 1.165) is 44.9 Å². The number of esters is 1. The molecule has 0 aromatic heterocycles. The molecule has 6 nitrogen and oxygen atoms in total. The fourth-order valence-electron chi connectivity index (χ4n) is 8.46. The molecule has 1 unspecified atom stereocenters. The summed E-state index contributed by atoms with van der Waals surface area (Å²) in [5, 5.41) is 23.3. The van der Waals surface area contributed by atoms with Crippen LogP contribution in [0.3, 0.4) is 0 Å². The van der Waals surface area contributed by atoms with Gasteiger partial charge in [-0.25, -0.2) is 0 Å². The number of hydrogen-bond acceptors (Lipinski definition) is 6. The Labute approximate surface area is 209 Å². The van der Waals surface area contributed by atoms with Crippen molar-refractivity contribution in [1.29, 1.82) is 0 Å². The van der Waals surface area contributed by atoms with Crippen molar-refractivity contribution < 1.29 is 29.3 Å². The Kier molecular flexibility index (Phi) is 7.38. The molecule has 35 heavy (non-hydrogen) atoms. The van der Waals surface area contributed by atoms with E-state index in [1.54, 1.807) is 0 Å². The normalized spacial score (nSPS) is 41.3. The monoisotopic (exact) mass is 488 g/mol. The number of Topliss-reactive ketones (excluding diaryl/α,β-unsaturated/α-hetero) is 1. The molecule has 2 N–H and O–H groups in total. The number of ether oxygens (including phenoxy) is 1. The zero-order chi connectivity index (χ0) is 25.6. The molecule has 0 aliphatic heterocycles. The van der Waals surface area contributed by atoms with Crippen molar-refractivity contribution in [3.8, 4) is 0 Å². The Morgan fingerprint density at radius 2 is 1.91 bits per heavy atom. The molecular formula is C29H44O6. The standard InChI is InChI=1S/C29H44O6/c1-5-7-8-18(6-2)26(33)35-17-24(32)29(34)14-12-22-21-10-9-19-15-20(30)11-13-27(19,3)25(21)23(31)16-28(22,29)4/h15,18,21-23,25,31,34H,5-14,16-17H2,1-4H3/t18?,21-,22-,23-,25+,27-,28-,29-/m0/s1. The average Bonchev–Trinajstić information content (AvgIpc) is 3.09. The van der Waals surface area contributed by atoms with Gasteiger partial charge in [0, 0.05) is 11.8 Å². The van der Waals surface area contributed by atoms with Crippen molar-refractivity contribution in [2.75, 3.05) is 6.61 Å². The van der Waals surface area contributed by atoms with Gasteiger partial charge in [0.25, 0.3) is 0 Å². The van der Waals surface area contributed by atoms with Crippen LogP contribution in [0, 0.1) is 34.5 Å². The average molecular weight is 489 g/mol. The Bertz CT molecular complexity index is 894. The Balaban J connectivity index is 1.51. The highest BCUT2D eigenvalue weighted by Gasteiger charge is 2.68. The highest BCUT2D eigenvalue weighted by atomic mass is 16.5. The molecule has 0 amide bonds. The third-order valence-corrected chi connectivity index (χ3v) is 10.6. The molecule has 0 aromatic rings. The highest BCUT2D eigenvalue weighted by molar-refractivity contribution is 5.92. The summed E-state index contributed by atoms with van der Waals surface area (Å²) in [6.45, 7) is 7.78. The number of rotatable bonds is 8. The van der Waals surface area contributed by atoms with Gasteiger partial charge in [-0.1, -0.05) is 46.1 Å². The predicted octanol–water partition coefficient (Wildman–Crippen LogP) is 4.55. The summed E-state index contributed by atoms with van der Waals surface area (Å²) in [6, 6.07) is 0. The molecule has 3 fully saturated rings. The first-order valence-electron chi connectivity index (χ1n) is 13.9. The van der Waals surface area contributed by atoms with Gasteiger partial charge in [0.15, 0.2) is 12.4 Å². The van der Waals surface area contributed by atoms with E-state index in [9.17, 15) is 24.6 Å². The molecule has 196 valence electrons. The second-order valence-electron chi connectivity index (χ2n) is 12.3. The summed E-state index contributed by atoms with van der Waals surface area (Å²) in [6.07, 6.45) is 8.91. The van der Waals surface area contributed by atoms with Gasteiger partial charge in [0.1, 0.15) is 5.60 Å². The van der Waals surface area contributed by atoms with Crippen LogP contribution in [0.25, 0.3) is 0 Å². The molecule has 8 atom stereocenters. The molecule has 0 aromatic carbocycles. The molecule has 3 saturated carbocycles. The van der Waals surface area contributed by atoms with Crippen molar-refractivity contribution >= 4 is 17.5 Å². The molecular weight excluding hydrogens is 444 g/mol. The van der Waals surface area contributed by atoms with Crippen molar-refractivity contribution in [3.63, 3.8) is 0 Å². The number of aliphatic hydroxyl groups excluding tert-OH is 1. The summed E-state index contributed by atoms with van der Waals surface area (Å²) < 4.78 is 5.44. The fraction of sp³-hybridized carbons (Fsp3) is 0.828. The number of hydrogen-bond donors (Lipinski definition) is 2. The van der Waals surface area contributed by atoms with E-state index in [1.807, 2.05) is 19.9 Å². The molecule has 4 aliphatic rings. The minimum absolute atomic E-state index is 0.0350. The maximum atomic E-state index is 13.4. The minimum atomic E-state index is -1.60. The molecule has 0 spiro atoms. The van der Waals surface area contributed by atoms with Gasteiger partial charge in [-0.2, -0.15) is 0 Å². The van der Waals surface area contributed by atoms with Crippen molar-refractivity contribution in [2.24, 2.45) is 34.5 Å². The van der Waals surface area contributed by atoms with Crippen LogP contribution >= 0.6 is 0 Å². The predicted molar refractivity (Wildman–Crippen MR) is 132 cm³/mol. The van der Waals surface area contributed by atoms with Gasteiger partial charge in [-0.3, -0.25) is 14.4 Å². The minimum Gasteiger partial charge on any atom is -0.457 e. The summed E-state index contributed by atoms with van der Waals surface area (Å²) in [5.74, 6) is -0.472. The van der Waals surface area contributed by atoms with Gasteiger partial charge in [-0.15, -0.1) is 0 Å². The van der Waals surface area contributed by atoms with E-state index in [1.165, 1.54) is 5.57 Å². The summed E-state index contributed by atoms with van der Waals surface area (Å²) in [7, 11) is 0. The number of aliphatic hydroxyl groups is 2. The summed E-state index contributed by atoms with van der Waals surface area (Å²) in [5.41, 5.74) is -1.39. The van der Waals surface area contributed by atoms with E-state index in [2.05, 4.69) is 13.8 Å². The third kappa shape index (κ3) is 4.22. The SMILES string of the molecule is CCCCC(CC)C(=O)OCC(=O)[C@@]1(O)CC[C@H]2[C@@H]3CCC4=CC(=O)CC[C@]4(C)[C@H]3[C@@H](O)C[C@@]21C. The van der Waals surface area contributed by atoms with E-state index in [-0.39, 0.29) is 40.8 Å². The van der Waals surface area contributed by atoms with Crippen LogP contribution in [0.2, 0.25) is 0 Å². The van der Waals surface area contributed by atoms with Crippen molar-refractivity contribution in [3.05, 3.63) is 11.6 Å². The number of carbonyl (C=O) groups is 3. The summed E-state index contributed by atoms with van der Waals surface area (Å²) in [4.78, 5) is 38.0. The second kappa shape index (κ2) is 9.74. The third-order valence-electron chi connectivity index (χ3n) is 10.6. The quantitative estimate of drug-likeness (QED) is 0.486. The van der Waals surface area contributed by atoms with Crippen LogP contribution in [0.4, 0.5) is 0 Å². The van der Waals surface area contributed by atoms with Gasteiger partial charge >= 0.3 is 5.97 Å². The number of ketones is 2. The maximum absolute atomic E-state index is 13.4. The molecule has 0 heterocycles. The Hall–Kier alpha value is -1.53. The maximum Gasteiger partial charge on any atom is 0.309 e. The zero-order valence-electron chi connectivity index (χ0n) is 22.0. The van der Waals surface area contributed by atoms with Crippen molar-refractivity contribution in [1.82, 2.24) is 0 Å². The molecule has 0 saturated heterocycles. The van der Waals surface area contributed by atoms with Gasteiger partial charge < -0.3 is 14.9 Å². The number of unbranched alkanes of at least 4 members (excludes halogenated alkanes) is 1. The highest BCUT2D eigenvalue weighted by Crippen LogP contribution is 2.67. The molecule has 0 radical (unpaired) electrons. The Morgan fingerprint density at radius 3 is 2.60 bits per heavy atom. The van der Waals surface area contributed by atoms with Gasteiger partial charge in [-0.05, 0) is 80.6 Å². The topological polar surface area (TPSA) is 101 Å². The first-order chi connectivity index (χ1) is 16.5. The molecule has 4 rings (SSSR count). The van der Waals surface area contributed by atoms with E-state index < -0.39 is 29.5 Å². The first-order valence-corrected chi connectivity index (χ1v) is 13.9. The van der Waals surface area contributed by atoms with Crippen LogP contribution in [-0.2, 0) is 19.1 Å². The van der Waals surface area contributed by atoms with E-state index in [0.29, 0.717) is 25.7 Å². The van der Waals surface area contributed by atoms with Gasteiger partial charge in [0.2, 0.25) is 5.78 Å². The van der Waals surface area contributed by atoms with Crippen LogP contribution in [0.5, 0.6) is 0 Å². The fourth-order valence-corrected chi connectivity index (χ4v) is 8.46. The van der Waals surface area contributed by atoms with Crippen LogP contribution in [0.1, 0.15) is 98.3 Å². The number of fused-ring (bicyclic) bond motifs is 5. The van der Waals surface area contributed by atoms with Crippen LogP contribution < -0.4 is 0 Å². The van der Waals surface area contributed by atoms with E-state index in [4.69, 9.17) is 4.74 Å². The lowest BCUT2D eigenvalue weighted by atomic mass is 9.45. The smallest absolute Gasteiger partial charge is 0.309 e. The number of allylic oxidation sites excluding steroid dienone is 1. The first kappa shape index (κ1) is 26.5. The lowest BCUT2D eigenvalue weighted by Crippen LogP contribution is -2.62.